The molecule has 11 aliphatic rings. The molecule has 0 aromatic rings. The molecule has 9 saturated heterocycles. The molecule has 65 heavy (non-hydrogen) atoms. The molecule has 0 aromatic carbocycles. The van der Waals surface area contributed by atoms with Crippen molar-refractivity contribution in [1.29, 1.82) is 0 Å². The van der Waals surface area contributed by atoms with E-state index in [0.717, 1.165) is 24.8 Å². The van der Waals surface area contributed by atoms with Crippen LogP contribution in [0.5, 0.6) is 0 Å². The molecule has 0 amide bonds. The molecule has 11 rings (SSSR count). The fraction of sp³-hybridized carbons (Fsp3) is 0.863. The number of aliphatic hydroxyl groups excluding tert-OH is 2. The highest BCUT2D eigenvalue weighted by molar-refractivity contribution is 5.84. The van der Waals surface area contributed by atoms with Crippen LogP contribution in [0.25, 0.3) is 0 Å². The lowest BCUT2D eigenvalue weighted by atomic mass is 9.72. The highest BCUT2D eigenvalue weighted by Gasteiger charge is 2.65. The fourth-order valence-electron chi connectivity index (χ4n) is 14.3. The topological polar surface area (TPSA) is 159 Å². The van der Waals surface area contributed by atoms with Crippen LogP contribution in [0, 0.1) is 5.92 Å². The first-order valence-electron chi connectivity index (χ1n) is 24.9. The molecule has 0 saturated carbocycles. The molecule has 11 heterocycles. The Kier molecular flexibility index (Phi) is 11.1. The SMILES string of the molecule is C=C(CO)CC1C[C@H](O)[C@]2(C)O[C@@H]3C[C@@H]4O[C@@H]5C[C@]6(C)O[C@]7(C)CC[C@@H]8O[C@@H]9C[C@]%10(C)O[C@]%11(C)C(C)=CC(=O)OC%11CC%10OC9C[C@@H](C)C8OC7CC6OC5(C)C/C=C\C4OC3CC2O1. The van der Waals surface area contributed by atoms with Crippen molar-refractivity contribution in [1.82, 2.24) is 0 Å². The van der Waals surface area contributed by atoms with Crippen LogP contribution in [0.1, 0.15) is 132 Å². The summed E-state index contributed by atoms with van der Waals surface area (Å²) < 4.78 is 76.1. The van der Waals surface area contributed by atoms with Crippen molar-refractivity contribution in [3.8, 4) is 0 Å². The zero-order valence-electron chi connectivity index (χ0n) is 39.7. The second kappa shape index (κ2) is 15.9. The van der Waals surface area contributed by atoms with E-state index in [1.807, 2.05) is 20.8 Å². The zero-order chi connectivity index (χ0) is 45.6. The summed E-state index contributed by atoms with van der Waals surface area (Å²) in [6, 6.07) is 0. The number of hydrogen-bond acceptors (Lipinski definition) is 14. The van der Waals surface area contributed by atoms with E-state index >= 15 is 0 Å². The number of carbonyl (C=O) groups is 1. The van der Waals surface area contributed by atoms with Crippen molar-refractivity contribution in [2.75, 3.05) is 6.61 Å². The quantitative estimate of drug-likeness (QED) is 0.264. The van der Waals surface area contributed by atoms with Gasteiger partial charge in [-0.2, -0.15) is 0 Å². The molecule has 362 valence electrons. The Morgan fingerprint density at radius 3 is 2.25 bits per heavy atom. The molecule has 0 spiro atoms. The van der Waals surface area contributed by atoms with Crippen molar-refractivity contribution < 1.29 is 67.1 Å². The minimum Gasteiger partial charge on any atom is -0.456 e. The molecule has 2 N–H and O–H groups in total. The van der Waals surface area contributed by atoms with E-state index in [1.54, 1.807) is 6.08 Å². The minimum atomic E-state index is -0.887. The predicted molar refractivity (Wildman–Crippen MR) is 234 cm³/mol. The van der Waals surface area contributed by atoms with Gasteiger partial charge in [0, 0.05) is 51.0 Å². The van der Waals surface area contributed by atoms with E-state index in [2.05, 4.69) is 53.3 Å². The van der Waals surface area contributed by atoms with Gasteiger partial charge in [-0.25, -0.2) is 4.79 Å². The number of rotatable bonds is 3. The van der Waals surface area contributed by atoms with E-state index in [0.29, 0.717) is 63.4 Å². The molecule has 23 atom stereocenters. The number of ether oxygens (including phenoxy) is 11. The lowest BCUT2D eigenvalue weighted by molar-refractivity contribution is -0.356. The summed E-state index contributed by atoms with van der Waals surface area (Å²) >= 11 is 0. The van der Waals surface area contributed by atoms with E-state index in [9.17, 15) is 15.0 Å². The summed E-state index contributed by atoms with van der Waals surface area (Å²) in [4.78, 5) is 12.4. The maximum atomic E-state index is 12.4. The first kappa shape index (κ1) is 45.6. The van der Waals surface area contributed by atoms with Gasteiger partial charge in [0.05, 0.1) is 114 Å². The molecule has 0 aromatic heterocycles. The molecule has 14 heteroatoms. The van der Waals surface area contributed by atoms with Crippen molar-refractivity contribution >= 4 is 5.97 Å². The first-order valence-corrected chi connectivity index (χ1v) is 24.9. The molecular formula is C51H74O14. The summed E-state index contributed by atoms with van der Waals surface area (Å²) in [5, 5.41) is 21.0. The summed E-state index contributed by atoms with van der Waals surface area (Å²) in [5.74, 6) is -0.156. The van der Waals surface area contributed by atoms with Gasteiger partial charge >= 0.3 is 5.97 Å². The van der Waals surface area contributed by atoms with Crippen LogP contribution in [0.4, 0.5) is 0 Å². The number of hydrogen-bond donors (Lipinski definition) is 2. The third-order valence-corrected chi connectivity index (χ3v) is 18.5. The van der Waals surface area contributed by atoms with Gasteiger partial charge in [0.25, 0.3) is 0 Å². The van der Waals surface area contributed by atoms with Crippen molar-refractivity contribution in [2.45, 2.75) is 264 Å². The monoisotopic (exact) mass is 911 g/mol. The van der Waals surface area contributed by atoms with Crippen molar-refractivity contribution in [3.05, 3.63) is 36.0 Å². The molecule has 11 aliphatic heterocycles. The third kappa shape index (κ3) is 7.52. The molecule has 11 unspecified atom stereocenters. The Balaban J connectivity index is 0.778. The lowest BCUT2D eigenvalue weighted by Gasteiger charge is -2.60. The first-order chi connectivity index (χ1) is 30.7. The molecule has 0 aliphatic carbocycles. The Bertz CT molecular complexity index is 1960. The maximum Gasteiger partial charge on any atom is 0.331 e. The van der Waals surface area contributed by atoms with E-state index < -0.39 is 45.8 Å². The number of carbonyl (C=O) groups excluding carboxylic acids is 1. The number of esters is 1. The minimum absolute atomic E-state index is 0.101. The number of aliphatic hydroxyl groups is 2. The van der Waals surface area contributed by atoms with Crippen molar-refractivity contribution in [3.63, 3.8) is 0 Å². The van der Waals surface area contributed by atoms with Crippen LogP contribution in [0.2, 0.25) is 0 Å². The van der Waals surface area contributed by atoms with Crippen LogP contribution >= 0.6 is 0 Å². The van der Waals surface area contributed by atoms with Gasteiger partial charge in [0.1, 0.15) is 23.4 Å². The van der Waals surface area contributed by atoms with Crippen LogP contribution in [-0.2, 0) is 56.9 Å². The second-order valence-corrected chi connectivity index (χ2v) is 23.4. The summed E-state index contributed by atoms with van der Waals surface area (Å²) in [7, 11) is 0. The van der Waals surface area contributed by atoms with Gasteiger partial charge in [-0.15, -0.1) is 0 Å². The van der Waals surface area contributed by atoms with Crippen LogP contribution in [-0.4, -0.2) is 154 Å². The van der Waals surface area contributed by atoms with Crippen molar-refractivity contribution in [2.24, 2.45) is 5.92 Å². The summed E-state index contributed by atoms with van der Waals surface area (Å²) in [6.45, 7) is 20.8. The average Bonchev–Trinajstić information content (AvgIpc) is 3.43. The zero-order valence-corrected chi connectivity index (χ0v) is 39.7. The highest BCUT2D eigenvalue weighted by Crippen LogP contribution is 2.55. The smallest absolute Gasteiger partial charge is 0.331 e. The maximum absolute atomic E-state index is 12.4. The van der Waals surface area contributed by atoms with Gasteiger partial charge in [-0.1, -0.05) is 25.7 Å². The molecule has 0 bridgehead atoms. The Morgan fingerprint density at radius 1 is 0.708 bits per heavy atom. The van der Waals surface area contributed by atoms with Gasteiger partial charge < -0.3 is 62.3 Å². The Labute approximate surface area is 384 Å². The van der Waals surface area contributed by atoms with Crippen LogP contribution in [0.15, 0.2) is 36.0 Å². The standard InChI is InChI=1S/C51H74O14/c1-26(25-52)15-29-18-37(53)51(9)41(55-29)20-34-35(62-51)19-33-30(56-34)11-10-13-46(4)43(59-33)24-49(7)40(63-46)21-38-47(5,64-49)14-12-31-45(61-38)27(2)16-32-36(57-31)23-48(6)39(58-32)22-42-50(8,65-48)28(3)17-44(54)60-42/h10-11,17,27,29-43,45,52-53H,1,12-16,18-25H2,2-9H3/b11-10-/t27-,29?,30?,31+,32?,33+,34?,35-,36-,37+,38?,39?,40?,41?,42?,43-,45?,46?,47-,48+,49+,50-,51+/m1/s1. The molecule has 0 radical (unpaired) electrons. The summed E-state index contributed by atoms with van der Waals surface area (Å²) in [5.41, 5.74) is -2.46. The van der Waals surface area contributed by atoms with E-state index in [-0.39, 0.29) is 104 Å². The predicted octanol–water partition coefficient (Wildman–Crippen LogP) is 5.66. The third-order valence-electron chi connectivity index (χ3n) is 18.5. The Morgan fingerprint density at radius 2 is 1.45 bits per heavy atom. The van der Waals surface area contributed by atoms with Gasteiger partial charge in [0.2, 0.25) is 0 Å². The van der Waals surface area contributed by atoms with E-state index in [1.165, 1.54) is 0 Å². The molecule has 14 nitrogen and oxygen atoms in total. The van der Waals surface area contributed by atoms with Crippen LogP contribution < -0.4 is 0 Å². The second-order valence-electron chi connectivity index (χ2n) is 23.4. The summed E-state index contributed by atoms with van der Waals surface area (Å²) in [6.07, 6.45) is 9.41. The lowest BCUT2D eigenvalue weighted by Crippen LogP contribution is -2.70. The molecular weight excluding hydrogens is 837 g/mol. The van der Waals surface area contributed by atoms with Gasteiger partial charge in [-0.05, 0) is 97.6 Å². The Hall–Kier alpha value is -1.79. The largest absolute Gasteiger partial charge is 0.456 e. The molecule has 9 fully saturated rings. The van der Waals surface area contributed by atoms with Crippen LogP contribution in [0.3, 0.4) is 0 Å². The van der Waals surface area contributed by atoms with Gasteiger partial charge in [-0.3, -0.25) is 0 Å². The highest BCUT2D eigenvalue weighted by atomic mass is 16.7. The average molecular weight is 911 g/mol. The number of fused-ring (bicyclic) bond motifs is 10. The van der Waals surface area contributed by atoms with Gasteiger partial charge in [0.15, 0.2) is 0 Å². The van der Waals surface area contributed by atoms with E-state index in [4.69, 9.17) is 52.1 Å². The normalized spacial score (nSPS) is 57.5. The fourth-order valence-corrected chi connectivity index (χ4v) is 14.3.